The number of rotatable bonds is 4. The lowest BCUT2D eigenvalue weighted by atomic mass is 10.1. The Bertz CT molecular complexity index is 621. The topological polar surface area (TPSA) is 44.2 Å². The van der Waals surface area contributed by atoms with E-state index in [0.29, 0.717) is 18.4 Å². The molecule has 0 fully saturated rings. The Morgan fingerprint density at radius 2 is 2.20 bits per heavy atom. The van der Waals surface area contributed by atoms with Crippen LogP contribution in [0.15, 0.2) is 20.8 Å². The number of halogens is 1. The van der Waals surface area contributed by atoms with Gasteiger partial charge in [0.1, 0.15) is 5.75 Å². The second kappa shape index (κ2) is 6.53. The van der Waals surface area contributed by atoms with Crippen LogP contribution in [0.1, 0.15) is 11.1 Å². The maximum atomic E-state index is 6.14. The Morgan fingerprint density at radius 3 is 3.00 bits per heavy atom. The van der Waals surface area contributed by atoms with Crippen molar-refractivity contribution in [3.05, 3.63) is 28.3 Å². The molecule has 1 aromatic heterocycles. The minimum Gasteiger partial charge on any atom is -0.467 e. The highest BCUT2D eigenvalue weighted by atomic mass is 35.5. The summed E-state index contributed by atoms with van der Waals surface area (Å²) in [6.07, 6.45) is 2.00. The summed E-state index contributed by atoms with van der Waals surface area (Å²) in [6.45, 7) is 0.838. The van der Waals surface area contributed by atoms with Gasteiger partial charge in [-0.1, -0.05) is 46.5 Å². The first-order valence-electron chi connectivity index (χ1n) is 5.78. The van der Waals surface area contributed by atoms with Crippen LogP contribution >= 0.6 is 46.5 Å². The monoisotopic (exact) mass is 346 g/mol. The van der Waals surface area contributed by atoms with E-state index in [1.54, 1.807) is 34.9 Å². The van der Waals surface area contributed by atoms with Crippen LogP contribution in [-0.4, -0.2) is 23.2 Å². The summed E-state index contributed by atoms with van der Waals surface area (Å²) >= 11 is 11.0. The van der Waals surface area contributed by atoms with Crippen LogP contribution < -0.4 is 4.74 Å². The molecule has 0 radical (unpaired) electrons. The number of hydrogen-bond acceptors (Lipinski definition) is 7. The number of ether oxygens (including phenoxy) is 2. The first-order valence-corrected chi connectivity index (χ1v) is 9.19. The number of thioether (sulfide) groups is 2. The number of benzene rings is 1. The second-order valence-electron chi connectivity index (χ2n) is 3.99. The Labute approximate surface area is 134 Å². The van der Waals surface area contributed by atoms with E-state index in [-0.39, 0.29) is 0 Å². The molecule has 0 saturated heterocycles. The highest BCUT2D eigenvalue weighted by Gasteiger charge is 2.17. The molecule has 0 spiro atoms. The van der Waals surface area contributed by atoms with E-state index < -0.39 is 0 Å². The predicted octanol–water partition coefficient (Wildman–Crippen LogP) is 4.07. The number of aromatic nitrogens is 2. The van der Waals surface area contributed by atoms with Crippen LogP contribution in [0.25, 0.3) is 0 Å². The molecule has 4 nitrogen and oxygen atoms in total. The molecule has 0 saturated carbocycles. The number of fused-ring (bicyclic) bond motifs is 1. The molecule has 1 aliphatic heterocycles. The third-order valence-electron chi connectivity index (χ3n) is 2.67. The minimum atomic E-state index is 0.293. The van der Waals surface area contributed by atoms with Gasteiger partial charge in [-0.15, -0.1) is 10.2 Å². The van der Waals surface area contributed by atoms with Gasteiger partial charge in [0.05, 0.1) is 6.61 Å². The standard InChI is InChI=1S/C12H11ClN2O2S3/c1-18-11-14-15-12(20-11)19-5-8-3-9(13)2-7-4-16-6-17-10(7)8/h2-3H,4-6H2,1H3. The van der Waals surface area contributed by atoms with Gasteiger partial charge in [0, 0.05) is 21.9 Å². The summed E-state index contributed by atoms with van der Waals surface area (Å²) in [5.74, 6) is 1.65. The highest BCUT2D eigenvalue weighted by Crippen LogP contribution is 2.36. The lowest BCUT2D eigenvalue weighted by Crippen LogP contribution is -2.12. The van der Waals surface area contributed by atoms with Crippen LogP contribution in [0.3, 0.4) is 0 Å². The van der Waals surface area contributed by atoms with Gasteiger partial charge in [0.25, 0.3) is 0 Å². The van der Waals surface area contributed by atoms with Crippen molar-refractivity contribution in [3.8, 4) is 5.75 Å². The fraction of sp³-hybridized carbons (Fsp3) is 0.333. The van der Waals surface area contributed by atoms with Crippen LogP contribution in [0.4, 0.5) is 0 Å². The molecule has 0 atom stereocenters. The van der Waals surface area contributed by atoms with Crippen molar-refractivity contribution in [2.75, 3.05) is 13.0 Å². The van der Waals surface area contributed by atoms with Gasteiger partial charge < -0.3 is 9.47 Å². The third kappa shape index (κ3) is 3.23. The maximum absolute atomic E-state index is 6.14. The molecule has 2 heterocycles. The predicted molar refractivity (Wildman–Crippen MR) is 83.0 cm³/mol. The van der Waals surface area contributed by atoms with E-state index in [0.717, 1.165) is 31.3 Å². The molecule has 0 bridgehead atoms. The fourth-order valence-electron chi connectivity index (χ4n) is 1.84. The van der Waals surface area contributed by atoms with Gasteiger partial charge in [-0.2, -0.15) is 0 Å². The molecular weight excluding hydrogens is 336 g/mol. The molecule has 1 aromatic carbocycles. The Morgan fingerprint density at radius 1 is 1.35 bits per heavy atom. The van der Waals surface area contributed by atoms with Crippen molar-refractivity contribution in [1.29, 1.82) is 0 Å². The Kier molecular flexibility index (Phi) is 4.72. The minimum absolute atomic E-state index is 0.293. The first kappa shape index (κ1) is 14.5. The van der Waals surface area contributed by atoms with Gasteiger partial charge in [-0.3, -0.25) is 0 Å². The SMILES string of the molecule is CSc1nnc(SCc2cc(Cl)cc3c2OCOC3)s1. The summed E-state index contributed by atoms with van der Waals surface area (Å²) in [5, 5.41) is 8.94. The van der Waals surface area contributed by atoms with Crippen molar-refractivity contribution >= 4 is 46.5 Å². The molecule has 0 unspecified atom stereocenters. The smallest absolute Gasteiger partial charge is 0.189 e. The normalized spacial score (nSPS) is 13.9. The molecule has 0 aliphatic carbocycles. The molecule has 3 rings (SSSR count). The molecule has 8 heteroatoms. The van der Waals surface area contributed by atoms with Gasteiger partial charge in [-0.25, -0.2) is 0 Å². The average molecular weight is 347 g/mol. The van der Waals surface area contributed by atoms with Crippen LogP contribution in [0, 0.1) is 0 Å². The lowest BCUT2D eigenvalue weighted by molar-refractivity contribution is -0.0168. The van der Waals surface area contributed by atoms with Gasteiger partial charge in [0.15, 0.2) is 15.5 Å². The zero-order valence-corrected chi connectivity index (χ0v) is 13.8. The summed E-state index contributed by atoms with van der Waals surface area (Å²) in [6, 6.07) is 3.83. The lowest BCUT2D eigenvalue weighted by Gasteiger charge is -2.20. The molecule has 1 aliphatic rings. The largest absolute Gasteiger partial charge is 0.467 e. The van der Waals surface area contributed by atoms with Crippen molar-refractivity contribution in [1.82, 2.24) is 10.2 Å². The van der Waals surface area contributed by atoms with Crippen LogP contribution in [0.5, 0.6) is 5.75 Å². The molecule has 0 N–H and O–H groups in total. The molecule has 106 valence electrons. The van der Waals surface area contributed by atoms with Crippen molar-refractivity contribution in [2.45, 2.75) is 21.0 Å². The zero-order chi connectivity index (χ0) is 13.9. The van der Waals surface area contributed by atoms with E-state index in [2.05, 4.69) is 10.2 Å². The first-order chi connectivity index (χ1) is 9.76. The van der Waals surface area contributed by atoms with Crippen LogP contribution in [-0.2, 0) is 17.1 Å². The van der Waals surface area contributed by atoms with Gasteiger partial charge in [0.2, 0.25) is 0 Å². The van der Waals surface area contributed by atoms with E-state index >= 15 is 0 Å². The summed E-state index contributed by atoms with van der Waals surface area (Å²) < 4.78 is 12.8. The quantitative estimate of drug-likeness (QED) is 0.777. The molecule has 2 aromatic rings. The maximum Gasteiger partial charge on any atom is 0.189 e. The van der Waals surface area contributed by atoms with Gasteiger partial charge >= 0.3 is 0 Å². The van der Waals surface area contributed by atoms with Gasteiger partial charge in [-0.05, 0) is 18.4 Å². The van der Waals surface area contributed by atoms with Crippen molar-refractivity contribution in [3.63, 3.8) is 0 Å². The third-order valence-corrected chi connectivity index (χ3v) is 5.96. The second-order valence-corrected chi connectivity index (χ2v) is 7.68. The molecule has 0 amide bonds. The van der Waals surface area contributed by atoms with E-state index in [4.69, 9.17) is 21.1 Å². The molecular formula is C12H11ClN2O2S3. The molecule has 20 heavy (non-hydrogen) atoms. The summed E-state index contributed by atoms with van der Waals surface area (Å²) in [5.41, 5.74) is 2.07. The van der Waals surface area contributed by atoms with Crippen molar-refractivity contribution < 1.29 is 9.47 Å². The van der Waals surface area contributed by atoms with E-state index in [9.17, 15) is 0 Å². The van der Waals surface area contributed by atoms with Crippen molar-refractivity contribution in [2.24, 2.45) is 0 Å². The summed E-state index contributed by atoms with van der Waals surface area (Å²) in [7, 11) is 0. The zero-order valence-electron chi connectivity index (χ0n) is 10.6. The fourth-order valence-corrected chi connectivity index (χ4v) is 4.51. The Hall–Kier alpha value is -0.470. The highest BCUT2D eigenvalue weighted by molar-refractivity contribution is 8.02. The van der Waals surface area contributed by atoms with E-state index in [1.165, 1.54) is 0 Å². The van der Waals surface area contributed by atoms with Crippen LogP contribution in [0.2, 0.25) is 5.02 Å². The van der Waals surface area contributed by atoms with E-state index in [1.807, 2.05) is 18.4 Å². The summed E-state index contributed by atoms with van der Waals surface area (Å²) in [4.78, 5) is 0. The Balaban J connectivity index is 1.78. The average Bonchev–Trinajstić information content (AvgIpc) is 2.92. The number of hydrogen-bond donors (Lipinski definition) is 0. The number of nitrogens with zero attached hydrogens (tertiary/aromatic N) is 2.